The van der Waals surface area contributed by atoms with Gasteiger partial charge in [-0.2, -0.15) is 0 Å². The largest absolute Gasteiger partial charge is 0.467 e. The van der Waals surface area contributed by atoms with Crippen LogP contribution in [0.1, 0.15) is 46.7 Å². The second-order valence-corrected chi connectivity index (χ2v) is 7.60. The first-order chi connectivity index (χ1) is 15.9. The number of hydrogen-bond acceptors (Lipinski definition) is 5. The maximum Gasteiger partial charge on any atom is 0.251 e. The van der Waals surface area contributed by atoms with Crippen LogP contribution >= 0.6 is 0 Å². The van der Waals surface area contributed by atoms with E-state index in [1.165, 1.54) is 0 Å². The number of amides is 3. The zero-order valence-corrected chi connectivity index (χ0v) is 18.7. The molecule has 8 nitrogen and oxygen atoms in total. The van der Waals surface area contributed by atoms with Gasteiger partial charge in [0, 0.05) is 28.5 Å². The Morgan fingerprint density at radius 1 is 0.909 bits per heavy atom. The number of anilines is 2. The van der Waals surface area contributed by atoms with Crippen LogP contribution in [-0.4, -0.2) is 30.3 Å². The third-order valence-corrected chi connectivity index (χ3v) is 5.00. The second-order valence-electron chi connectivity index (χ2n) is 7.60. The fourth-order valence-electron chi connectivity index (χ4n) is 2.96. The van der Waals surface area contributed by atoms with Gasteiger partial charge < -0.3 is 25.7 Å². The highest BCUT2D eigenvalue weighted by molar-refractivity contribution is 5.98. The Bertz CT molecular complexity index is 1080. The summed E-state index contributed by atoms with van der Waals surface area (Å²) < 4.78 is 5.19. The summed E-state index contributed by atoms with van der Waals surface area (Å²) in [5.74, 6) is 0.0314. The average molecular weight is 449 g/mol. The van der Waals surface area contributed by atoms with Crippen molar-refractivity contribution in [3.8, 4) is 0 Å². The monoisotopic (exact) mass is 448 g/mol. The Labute approximate surface area is 192 Å². The molecular weight excluding hydrogens is 420 g/mol. The molecule has 0 aliphatic carbocycles. The number of nitrogens with one attached hydrogen (secondary N) is 4. The lowest BCUT2D eigenvalue weighted by Crippen LogP contribution is -2.32. The molecule has 0 spiro atoms. The third-order valence-electron chi connectivity index (χ3n) is 5.00. The molecule has 172 valence electrons. The molecule has 4 N–H and O–H groups in total. The van der Waals surface area contributed by atoms with E-state index in [0.717, 1.165) is 6.42 Å². The molecule has 1 unspecified atom stereocenters. The van der Waals surface area contributed by atoms with Crippen LogP contribution < -0.4 is 21.3 Å². The molecule has 0 bridgehead atoms. The van der Waals surface area contributed by atoms with Crippen LogP contribution in [0, 0.1) is 0 Å². The lowest BCUT2D eigenvalue weighted by molar-refractivity contribution is -0.114. The summed E-state index contributed by atoms with van der Waals surface area (Å²) in [6.07, 6.45) is 2.39. The van der Waals surface area contributed by atoms with Crippen molar-refractivity contribution >= 4 is 29.1 Å². The molecule has 2 aromatic carbocycles. The first kappa shape index (κ1) is 23.6. The van der Waals surface area contributed by atoms with Gasteiger partial charge in [0.2, 0.25) is 5.91 Å². The number of benzene rings is 2. The summed E-state index contributed by atoms with van der Waals surface area (Å²) in [4.78, 5) is 36.8. The Balaban J connectivity index is 1.47. The summed E-state index contributed by atoms with van der Waals surface area (Å²) in [5, 5.41) is 11.5. The first-order valence-corrected chi connectivity index (χ1v) is 10.8. The van der Waals surface area contributed by atoms with Gasteiger partial charge in [0.05, 0.1) is 19.4 Å². The van der Waals surface area contributed by atoms with Crippen molar-refractivity contribution in [2.75, 3.05) is 17.2 Å². The van der Waals surface area contributed by atoms with Crippen molar-refractivity contribution < 1.29 is 18.8 Å². The topological polar surface area (TPSA) is 112 Å². The van der Waals surface area contributed by atoms with Gasteiger partial charge in [-0.15, -0.1) is 0 Å². The molecule has 3 rings (SSSR count). The Morgan fingerprint density at radius 3 is 2.39 bits per heavy atom. The van der Waals surface area contributed by atoms with Crippen molar-refractivity contribution in [3.63, 3.8) is 0 Å². The lowest BCUT2D eigenvalue weighted by Gasteiger charge is -2.12. The molecule has 0 saturated carbocycles. The quantitative estimate of drug-likeness (QED) is 0.377. The first-order valence-electron chi connectivity index (χ1n) is 10.8. The van der Waals surface area contributed by atoms with Gasteiger partial charge in [0.1, 0.15) is 5.76 Å². The van der Waals surface area contributed by atoms with Crippen molar-refractivity contribution in [2.45, 2.75) is 32.9 Å². The van der Waals surface area contributed by atoms with Crippen LogP contribution in [0.4, 0.5) is 11.4 Å². The highest BCUT2D eigenvalue weighted by Crippen LogP contribution is 2.13. The van der Waals surface area contributed by atoms with Crippen molar-refractivity contribution in [2.24, 2.45) is 0 Å². The standard InChI is InChI=1S/C25H28N4O4/c1-3-17(2)28-25(32)19-6-4-7-21(14-19)29-23(30)16-26-20-11-9-18(10-12-20)24(31)27-15-22-8-5-13-33-22/h4-14,17,26H,3,15-16H2,1-2H3,(H,27,31)(H,28,32)(H,29,30). The molecule has 1 aromatic heterocycles. The van der Waals surface area contributed by atoms with E-state index in [2.05, 4.69) is 21.3 Å². The maximum absolute atomic E-state index is 12.3. The Morgan fingerprint density at radius 2 is 1.70 bits per heavy atom. The van der Waals surface area contributed by atoms with E-state index in [4.69, 9.17) is 4.42 Å². The molecule has 0 aliphatic heterocycles. The van der Waals surface area contributed by atoms with Gasteiger partial charge in [-0.3, -0.25) is 14.4 Å². The smallest absolute Gasteiger partial charge is 0.251 e. The fourth-order valence-corrected chi connectivity index (χ4v) is 2.96. The highest BCUT2D eigenvalue weighted by Gasteiger charge is 2.11. The summed E-state index contributed by atoms with van der Waals surface area (Å²) in [7, 11) is 0. The molecule has 3 amide bonds. The molecule has 0 fully saturated rings. The van der Waals surface area contributed by atoms with E-state index in [1.54, 1.807) is 66.9 Å². The molecule has 1 atom stereocenters. The maximum atomic E-state index is 12.3. The molecule has 3 aromatic rings. The van der Waals surface area contributed by atoms with E-state index in [-0.39, 0.29) is 30.3 Å². The number of carbonyl (C=O) groups excluding carboxylic acids is 3. The number of furan rings is 1. The zero-order chi connectivity index (χ0) is 23.6. The zero-order valence-electron chi connectivity index (χ0n) is 18.7. The molecule has 33 heavy (non-hydrogen) atoms. The number of carbonyl (C=O) groups is 3. The van der Waals surface area contributed by atoms with Gasteiger partial charge in [-0.05, 0) is 67.9 Å². The normalized spacial score (nSPS) is 11.3. The predicted molar refractivity (Wildman–Crippen MR) is 127 cm³/mol. The molecular formula is C25H28N4O4. The van der Waals surface area contributed by atoms with Gasteiger partial charge in [-0.25, -0.2) is 0 Å². The van der Waals surface area contributed by atoms with Crippen LogP contribution in [0.25, 0.3) is 0 Å². The van der Waals surface area contributed by atoms with Gasteiger partial charge in [0.25, 0.3) is 11.8 Å². The number of hydrogen-bond donors (Lipinski definition) is 4. The van der Waals surface area contributed by atoms with Crippen LogP contribution in [0.3, 0.4) is 0 Å². The summed E-state index contributed by atoms with van der Waals surface area (Å²) in [5.41, 5.74) is 2.24. The molecule has 8 heteroatoms. The van der Waals surface area contributed by atoms with E-state index >= 15 is 0 Å². The SMILES string of the molecule is CCC(C)NC(=O)c1cccc(NC(=O)CNc2ccc(C(=O)NCc3ccco3)cc2)c1. The van der Waals surface area contributed by atoms with Crippen molar-refractivity contribution in [1.82, 2.24) is 10.6 Å². The van der Waals surface area contributed by atoms with E-state index in [1.807, 2.05) is 13.8 Å². The van der Waals surface area contributed by atoms with Crippen LogP contribution in [0.2, 0.25) is 0 Å². The van der Waals surface area contributed by atoms with Gasteiger partial charge >= 0.3 is 0 Å². The minimum Gasteiger partial charge on any atom is -0.467 e. The Kier molecular flexibility index (Phi) is 8.24. The third kappa shape index (κ3) is 7.24. The van der Waals surface area contributed by atoms with E-state index in [9.17, 15) is 14.4 Å². The summed E-state index contributed by atoms with van der Waals surface area (Å²) in [6.45, 7) is 4.29. The minimum atomic E-state index is -0.255. The van der Waals surface area contributed by atoms with Crippen molar-refractivity contribution in [3.05, 3.63) is 83.8 Å². The molecule has 0 radical (unpaired) electrons. The van der Waals surface area contributed by atoms with Crippen molar-refractivity contribution in [1.29, 1.82) is 0 Å². The fraction of sp³-hybridized carbons (Fsp3) is 0.240. The molecule has 0 saturated heterocycles. The second kappa shape index (κ2) is 11.5. The van der Waals surface area contributed by atoms with Crippen LogP contribution in [0.5, 0.6) is 0 Å². The Hall–Kier alpha value is -4.07. The minimum absolute atomic E-state index is 0.0350. The molecule has 1 heterocycles. The van der Waals surface area contributed by atoms with Crippen LogP contribution in [-0.2, 0) is 11.3 Å². The van der Waals surface area contributed by atoms with Gasteiger partial charge in [0.15, 0.2) is 0 Å². The number of rotatable bonds is 10. The van der Waals surface area contributed by atoms with E-state index in [0.29, 0.717) is 34.8 Å². The van der Waals surface area contributed by atoms with E-state index < -0.39 is 0 Å². The summed E-state index contributed by atoms with van der Waals surface area (Å²) in [6, 6.07) is 17.3. The highest BCUT2D eigenvalue weighted by atomic mass is 16.3. The lowest BCUT2D eigenvalue weighted by atomic mass is 10.1. The average Bonchev–Trinajstić information content (AvgIpc) is 3.35. The summed E-state index contributed by atoms with van der Waals surface area (Å²) >= 11 is 0. The van der Waals surface area contributed by atoms with Gasteiger partial charge in [-0.1, -0.05) is 13.0 Å². The predicted octanol–water partition coefficient (Wildman–Crippen LogP) is 3.79. The molecule has 0 aliphatic rings. The van der Waals surface area contributed by atoms with Crippen LogP contribution in [0.15, 0.2) is 71.3 Å².